The third-order valence-corrected chi connectivity index (χ3v) is 5.35. The Balaban J connectivity index is 1.86. The number of pyridine rings is 2. The summed E-state index contributed by atoms with van der Waals surface area (Å²) in [6.45, 7) is 5.69. The summed E-state index contributed by atoms with van der Waals surface area (Å²) in [6, 6.07) is 7.59. The maximum absolute atomic E-state index is 13.0. The van der Waals surface area contributed by atoms with Gasteiger partial charge in [-0.3, -0.25) is 14.5 Å². The molecule has 4 heterocycles. The second kappa shape index (κ2) is 10.4. The van der Waals surface area contributed by atoms with Gasteiger partial charge in [0.05, 0.1) is 36.7 Å². The third-order valence-electron chi connectivity index (χ3n) is 5.35. The van der Waals surface area contributed by atoms with E-state index in [0.717, 1.165) is 29.8 Å². The number of H-pyrrole nitrogens is 1. The Kier molecular flexibility index (Phi) is 7.09. The summed E-state index contributed by atoms with van der Waals surface area (Å²) >= 11 is 0. The molecular formula is C24H28N6O3. The van der Waals surface area contributed by atoms with Crippen molar-refractivity contribution in [2.45, 2.75) is 39.7 Å². The molecule has 0 amide bonds. The summed E-state index contributed by atoms with van der Waals surface area (Å²) in [4.78, 5) is 29.6. The van der Waals surface area contributed by atoms with Crippen LogP contribution in [-0.4, -0.2) is 50.0 Å². The maximum Gasteiger partial charge on any atom is 0.279 e. The van der Waals surface area contributed by atoms with Crippen molar-refractivity contribution in [3.63, 3.8) is 0 Å². The molecule has 0 unspecified atom stereocenters. The molecule has 0 saturated heterocycles. The van der Waals surface area contributed by atoms with Gasteiger partial charge in [-0.25, -0.2) is 9.97 Å². The van der Waals surface area contributed by atoms with Gasteiger partial charge in [-0.1, -0.05) is 26.3 Å². The highest BCUT2D eigenvalue weighted by molar-refractivity contribution is 5.80. The topological polar surface area (TPSA) is 108 Å². The van der Waals surface area contributed by atoms with Gasteiger partial charge in [-0.2, -0.15) is 5.10 Å². The lowest BCUT2D eigenvalue weighted by Crippen LogP contribution is -2.11. The lowest BCUT2D eigenvalue weighted by molar-refractivity contribution is 0.183. The van der Waals surface area contributed by atoms with Crippen LogP contribution in [0, 0.1) is 0 Å². The predicted molar refractivity (Wildman–Crippen MR) is 126 cm³/mol. The molecule has 0 aromatic carbocycles. The van der Waals surface area contributed by atoms with E-state index in [-0.39, 0.29) is 5.56 Å². The van der Waals surface area contributed by atoms with E-state index in [9.17, 15) is 4.79 Å². The third kappa shape index (κ3) is 4.78. The fourth-order valence-corrected chi connectivity index (χ4v) is 3.63. The molecule has 0 aliphatic heterocycles. The Labute approximate surface area is 191 Å². The van der Waals surface area contributed by atoms with E-state index in [4.69, 9.17) is 14.5 Å². The van der Waals surface area contributed by atoms with Gasteiger partial charge in [0.2, 0.25) is 5.88 Å². The van der Waals surface area contributed by atoms with Crippen LogP contribution in [0.5, 0.6) is 5.88 Å². The van der Waals surface area contributed by atoms with Gasteiger partial charge in [-0.05, 0) is 31.0 Å². The Hall–Kier alpha value is -3.59. The zero-order valence-corrected chi connectivity index (χ0v) is 19.2. The largest absolute Gasteiger partial charge is 0.477 e. The Morgan fingerprint density at radius 3 is 2.73 bits per heavy atom. The lowest BCUT2D eigenvalue weighted by Gasteiger charge is -2.12. The van der Waals surface area contributed by atoms with Crippen LogP contribution in [0.2, 0.25) is 0 Å². The van der Waals surface area contributed by atoms with Crippen LogP contribution in [0.3, 0.4) is 0 Å². The van der Waals surface area contributed by atoms with Crippen LogP contribution in [0.25, 0.3) is 33.7 Å². The zero-order chi connectivity index (χ0) is 23.2. The predicted octanol–water partition coefficient (Wildman–Crippen LogP) is 3.63. The number of ether oxygens (including phenoxy) is 2. The molecule has 4 rings (SSSR count). The van der Waals surface area contributed by atoms with E-state index in [1.807, 2.05) is 31.2 Å². The molecule has 9 nitrogen and oxygen atoms in total. The molecule has 0 fully saturated rings. The number of hydrogen-bond donors (Lipinski definition) is 1. The van der Waals surface area contributed by atoms with Gasteiger partial charge >= 0.3 is 0 Å². The molecular weight excluding hydrogens is 420 g/mol. The van der Waals surface area contributed by atoms with E-state index in [1.165, 1.54) is 0 Å². The van der Waals surface area contributed by atoms with Gasteiger partial charge in [0.15, 0.2) is 5.52 Å². The number of nitrogens with zero attached hydrogens (tertiary/aromatic N) is 5. The zero-order valence-electron chi connectivity index (χ0n) is 19.2. The second-order valence-corrected chi connectivity index (χ2v) is 7.62. The van der Waals surface area contributed by atoms with Crippen molar-refractivity contribution < 1.29 is 9.47 Å². The summed E-state index contributed by atoms with van der Waals surface area (Å²) in [5.74, 6) is 0.820. The molecule has 0 aliphatic carbocycles. The van der Waals surface area contributed by atoms with Crippen molar-refractivity contribution in [3.05, 3.63) is 52.7 Å². The van der Waals surface area contributed by atoms with Crippen molar-refractivity contribution >= 4 is 11.0 Å². The first-order valence-corrected chi connectivity index (χ1v) is 11.2. The first-order chi connectivity index (χ1) is 16.2. The second-order valence-electron chi connectivity index (χ2n) is 7.62. The van der Waals surface area contributed by atoms with E-state index in [1.54, 1.807) is 24.2 Å². The molecule has 9 heteroatoms. The van der Waals surface area contributed by atoms with Crippen LogP contribution >= 0.6 is 0 Å². The van der Waals surface area contributed by atoms with E-state index in [0.29, 0.717) is 54.5 Å². The minimum atomic E-state index is -0.302. The fourth-order valence-electron chi connectivity index (χ4n) is 3.63. The summed E-state index contributed by atoms with van der Waals surface area (Å²) in [7, 11) is 1.64. The normalized spacial score (nSPS) is 11.2. The molecule has 172 valence electrons. The average Bonchev–Trinajstić information content (AvgIpc) is 3.21. The lowest BCUT2D eigenvalue weighted by atomic mass is 10.1. The van der Waals surface area contributed by atoms with Crippen molar-refractivity contribution in [1.29, 1.82) is 0 Å². The Bertz CT molecular complexity index is 1280. The van der Waals surface area contributed by atoms with Gasteiger partial charge in [0.1, 0.15) is 11.3 Å². The molecule has 4 aromatic heterocycles. The maximum atomic E-state index is 13.0. The average molecular weight is 449 g/mol. The molecule has 0 spiro atoms. The highest BCUT2D eigenvalue weighted by Gasteiger charge is 2.19. The number of hydrogen-bond acceptors (Lipinski definition) is 7. The first kappa shape index (κ1) is 22.6. The van der Waals surface area contributed by atoms with Crippen LogP contribution in [0.4, 0.5) is 0 Å². The number of aryl methyl sites for hydroxylation is 1. The molecule has 0 atom stereocenters. The molecule has 33 heavy (non-hydrogen) atoms. The van der Waals surface area contributed by atoms with E-state index >= 15 is 0 Å². The van der Waals surface area contributed by atoms with Gasteiger partial charge in [0.25, 0.3) is 5.56 Å². The van der Waals surface area contributed by atoms with Gasteiger partial charge in [0, 0.05) is 25.1 Å². The van der Waals surface area contributed by atoms with Crippen LogP contribution in [0.15, 0.2) is 41.5 Å². The monoisotopic (exact) mass is 448 g/mol. The number of methoxy groups -OCH3 is 1. The van der Waals surface area contributed by atoms with Gasteiger partial charge in [-0.15, -0.1) is 0 Å². The SMILES string of the molecule is CCCCOc1ncc(-c2ccccn2)cc1-c1nc2c(CC)n(CCOC)nc2c(=O)[nH]1. The molecule has 0 aliphatic rings. The number of fused-ring (bicyclic) bond motifs is 1. The minimum absolute atomic E-state index is 0.302. The summed E-state index contributed by atoms with van der Waals surface area (Å²) in [5.41, 5.74) is 3.67. The molecule has 0 saturated carbocycles. The number of aromatic amines is 1. The first-order valence-electron chi connectivity index (χ1n) is 11.2. The fraction of sp³-hybridized carbons (Fsp3) is 0.375. The summed E-state index contributed by atoms with van der Waals surface area (Å²) < 4.78 is 12.9. The number of aromatic nitrogens is 6. The molecule has 1 N–H and O–H groups in total. The van der Waals surface area contributed by atoms with E-state index < -0.39 is 0 Å². The van der Waals surface area contributed by atoms with Crippen molar-refractivity contribution in [2.75, 3.05) is 20.3 Å². The van der Waals surface area contributed by atoms with E-state index in [2.05, 4.69) is 27.0 Å². The quantitative estimate of drug-likeness (QED) is 0.369. The van der Waals surface area contributed by atoms with Crippen molar-refractivity contribution in [1.82, 2.24) is 29.7 Å². The summed E-state index contributed by atoms with van der Waals surface area (Å²) in [5, 5.41) is 4.48. The Morgan fingerprint density at radius 2 is 2.00 bits per heavy atom. The van der Waals surface area contributed by atoms with Crippen LogP contribution < -0.4 is 10.3 Å². The van der Waals surface area contributed by atoms with Crippen molar-refractivity contribution in [2.24, 2.45) is 0 Å². The number of nitrogens with one attached hydrogen (secondary N) is 1. The highest BCUT2D eigenvalue weighted by Crippen LogP contribution is 2.30. The summed E-state index contributed by atoms with van der Waals surface area (Å²) in [6.07, 6.45) is 6.04. The molecule has 0 bridgehead atoms. The molecule has 4 aromatic rings. The number of rotatable bonds is 10. The van der Waals surface area contributed by atoms with Crippen LogP contribution in [0.1, 0.15) is 32.4 Å². The number of unbranched alkanes of at least 4 members (excludes halogenated alkanes) is 1. The highest BCUT2D eigenvalue weighted by atomic mass is 16.5. The standard InChI is InChI=1S/C24H28N6O3/c1-4-6-12-33-24-17(14-16(15-26-24)18-9-7-8-10-25-18)22-27-20-19(5-2)30(11-13-32-3)29-21(20)23(31)28-22/h7-10,14-15H,4-6,11-13H2,1-3H3,(H,27,28,31). The van der Waals surface area contributed by atoms with Crippen molar-refractivity contribution in [3.8, 4) is 28.5 Å². The minimum Gasteiger partial charge on any atom is -0.477 e. The molecule has 0 radical (unpaired) electrons. The van der Waals surface area contributed by atoms with Crippen LogP contribution in [-0.2, 0) is 17.7 Å². The van der Waals surface area contributed by atoms with Gasteiger partial charge < -0.3 is 14.5 Å². The Morgan fingerprint density at radius 1 is 1.12 bits per heavy atom. The smallest absolute Gasteiger partial charge is 0.279 e.